The Labute approximate surface area is 132 Å². The van der Waals surface area contributed by atoms with Gasteiger partial charge < -0.3 is 10.2 Å². The van der Waals surface area contributed by atoms with Gasteiger partial charge in [-0.1, -0.05) is 26.0 Å². The van der Waals surface area contributed by atoms with Crippen molar-refractivity contribution in [2.45, 2.75) is 52.1 Å². The van der Waals surface area contributed by atoms with Crippen LogP contribution in [-0.4, -0.2) is 29.9 Å². The first kappa shape index (κ1) is 16.9. The summed E-state index contributed by atoms with van der Waals surface area (Å²) in [4.78, 5) is 14.0. The molecule has 4 heteroatoms. The van der Waals surface area contributed by atoms with E-state index in [1.165, 1.54) is 12.1 Å². The summed E-state index contributed by atoms with van der Waals surface area (Å²) in [5.41, 5.74) is 1.08. The molecule has 1 atom stereocenters. The predicted molar refractivity (Wildman–Crippen MR) is 86.9 cm³/mol. The van der Waals surface area contributed by atoms with Gasteiger partial charge in [0.25, 0.3) is 0 Å². The largest absolute Gasteiger partial charge is 0.340 e. The fourth-order valence-corrected chi connectivity index (χ4v) is 2.90. The average molecular weight is 306 g/mol. The molecule has 0 bridgehead atoms. The van der Waals surface area contributed by atoms with Crippen LogP contribution in [0.3, 0.4) is 0 Å². The molecule has 0 aliphatic carbocycles. The summed E-state index contributed by atoms with van der Waals surface area (Å²) in [6, 6.07) is 6.96. The van der Waals surface area contributed by atoms with Crippen molar-refractivity contribution in [3.63, 3.8) is 0 Å². The minimum atomic E-state index is -0.200. The SMILES string of the molecule is CC(C)CCN1C(=O)CC[C@@H]1CCNCc1ccc(F)cc1. The maximum absolute atomic E-state index is 12.8. The highest BCUT2D eigenvalue weighted by atomic mass is 19.1. The summed E-state index contributed by atoms with van der Waals surface area (Å²) < 4.78 is 12.8. The lowest BCUT2D eigenvalue weighted by Crippen LogP contribution is -2.36. The highest BCUT2D eigenvalue weighted by Gasteiger charge is 2.29. The highest BCUT2D eigenvalue weighted by molar-refractivity contribution is 5.78. The molecule has 0 saturated carbocycles. The summed E-state index contributed by atoms with van der Waals surface area (Å²) in [6.45, 7) is 6.90. The molecule has 0 aromatic heterocycles. The number of benzene rings is 1. The lowest BCUT2D eigenvalue weighted by molar-refractivity contribution is -0.129. The normalized spacial score (nSPS) is 18.5. The van der Waals surface area contributed by atoms with Crippen LogP contribution in [0, 0.1) is 11.7 Å². The van der Waals surface area contributed by atoms with Crippen LogP contribution in [0.4, 0.5) is 4.39 Å². The van der Waals surface area contributed by atoms with E-state index in [-0.39, 0.29) is 5.82 Å². The van der Waals surface area contributed by atoms with E-state index in [2.05, 4.69) is 24.1 Å². The summed E-state index contributed by atoms with van der Waals surface area (Å²) in [5, 5.41) is 3.39. The van der Waals surface area contributed by atoms with Gasteiger partial charge in [0.2, 0.25) is 5.91 Å². The van der Waals surface area contributed by atoms with Crippen molar-refractivity contribution in [3.05, 3.63) is 35.6 Å². The smallest absolute Gasteiger partial charge is 0.222 e. The number of hydrogen-bond acceptors (Lipinski definition) is 2. The number of hydrogen-bond donors (Lipinski definition) is 1. The standard InChI is InChI=1S/C18H27FN2O/c1-14(2)10-12-21-17(7-8-18(21)22)9-11-20-13-15-3-5-16(19)6-4-15/h3-6,14,17,20H,7-13H2,1-2H3/t17-/m1/s1. The Morgan fingerprint density at radius 3 is 2.73 bits per heavy atom. The number of carbonyl (C=O) groups excluding carboxylic acids is 1. The number of likely N-dealkylation sites (tertiary alicyclic amines) is 1. The Bertz CT molecular complexity index is 472. The number of halogens is 1. The predicted octanol–water partition coefficient (Wildman–Crippen LogP) is 3.34. The van der Waals surface area contributed by atoms with Gasteiger partial charge in [0, 0.05) is 25.6 Å². The summed E-state index contributed by atoms with van der Waals surface area (Å²) >= 11 is 0. The second-order valence-electron chi connectivity index (χ2n) is 6.55. The first-order chi connectivity index (χ1) is 10.6. The molecule has 0 radical (unpaired) electrons. The zero-order chi connectivity index (χ0) is 15.9. The van der Waals surface area contributed by atoms with Gasteiger partial charge in [-0.3, -0.25) is 4.79 Å². The maximum Gasteiger partial charge on any atom is 0.222 e. The third kappa shape index (κ3) is 5.09. The molecule has 22 heavy (non-hydrogen) atoms. The number of rotatable bonds is 8. The molecule has 1 heterocycles. The van der Waals surface area contributed by atoms with E-state index in [9.17, 15) is 9.18 Å². The van der Waals surface area contributed by atoms with E-state index in [0.717, 1.165) is 44.5 Å². The quantitative estimate of drug-likeness (QED) is 0.747. The molecule has 1 aliphatic heterocycles. The molecular weight excluding hydrogens is 279 g/mol. The maximum atomic E-state index is 12.8. The van der Waals surface area contributed by atoms with E-state index in [1.807, 2.05) is 0 Å². The molecule has 122 valence electrons. The van der Waals surface area contributed by atoms with Gasteiger partial charge in [-0.15, -0.1) is 0 Å². The first-order valence-electron chi connectivity index (χ1n) is 8.31. The van der Waals surface area contributed by atoms with Gasteiger partial charge >= 0.3 is 0 Å². The van der Waals surface area contributed by atoms with Crippen LogP contribution in [0.15, 0.2) is 24.3 Å². The van der Waals surface area contributed by atoms with Crippen molar-refractivity contribution in [1.82, 2.24) is 10.2 Å². The van der Waals surface area contributed by atoms with Gasteiger partial charge in [0.15, 0.2) is 0 Å². The monoisotopic (exact) mass is 306 g/mol. The average Bonchev–Trinajstić information content (AvgIpc) is 2.83. The molecule has 1 aromatic rings. The van der Waals surface area contributed by atoms with Gasteiger partial charge in [0.05, 0.1) is 0 Å². The van der Waals surface area contributed by atoms with E-state index in [0.29, 0.717) is 24.3 Å². The van der Waals surface area contributed by atoms with Gasteiger partial charge in [-0.05, 0) is 49.4 Å². The molecule has 1 N–H and O–H groups in total. The fraction of sp³-hybridized carbons (Fsp3) is 0.611. The Hall–Kier alpha value is -1.42. The highest BCUT2D eigenvalue weighted by Crippen LogP contribution is 2.22. The van der Waals surface area contributed by atoms with Crippen LogP contribution < -0.4 is 5.32 Å². The second kappa shape index (κ2) is 8.28. The molecule has 1 fully saturated rings. The summed E-state index contributed by atoms with van der Waals surface area (Å²) in [5.74, 6) is 0.740. The Kier molecular flexibility index (Phi) is 6.37. The first-order valence-corrected chi connectivity index (χ1v) is 8.31. The molecule has 2 rings (SSSR count). The number of carbonyl (C=O) groups is 1. The molecule has 1 aromatic carbocycles. The van der Waals surface area contributed by atoms with Crippen LogP contribution >= 0.6 is 0 Å². The molecule has 1 amide bonds. The molecular formula is C18H27FN2O. The van der Waals surface area contributed by atoms with Crippen LogP contribution in [0.1, 0.15) is 45.1 Å². The topological polar surface area (TPSA) is 32.3 Å². The van der Waals surface area contributed by atoms with E-state index in [4.69, 9.17) is 0 Å². The molecule has 3 nitrogen and oxygen atoms in total. The van der Waals surface area contributed by atoms with Crippen LogP contribution in [0.2, 0.25) is 0 Å². The van der Waals surface area contributed by atoms with E-state index >= 15 is 0 Å². The van der Waals surface area contributed by atoms with Crippen molar-refractivity contribution < 1.29 is 9.18 Å². The fourth-order valence-electron chi connectivity index (χ4n) is 2.90. The zero-order valence-corrected chi connectivity index (χ0v) is 13.6. The van der Waals surface area contributed by atoms with E-state index in [1.54, 1.807) is 12.1 Å². The van der Waals surface area contributed by atoms with Crippen LogP contribution in [0.25, 0.3) is 0 Å². The molecule has 0 spiro atoms. The van der Waals surface area contributed by atoms with Crippen molar-refractivity contribution in [2.75, 3.05) is 13.1 Å². The van der Waals surface area contributed by atoms with Crippen molar-refractivity contribution in [2.24, 2.45) is 5.92 Å². The zero-order valence-electron chi connectivity index (χ0n) is 13.6. The lowest BCUT2D eigenvalue weighted by atomic mass is 10.1. The Balaban J connectivity index is 1.71. The minimum Gasteiger partial charge on any atom is -0.340 e. The molecule has 1 saturated heterocycles. The van der Waals surface area contributed by atoms with Crippen LogP contribution in [-0.2, 0) is 11.3 Å². The van der Waals surface area contributed by atoms with Gasteiger partial charge in [-0.2, -0.15) is 0 Å². The van der Waals surface area contributed by atoms with Crippen molar-refractivity contribution >= 4 is 5.91 Å². The number of nitrogens with one attached hydrogen (secondary N) is 1. The van der Waals surface area contributed by atoms with Crippen LogP contribution in [0.5, 0.6) is 0 Å². The van der Waals surface area contributed by atoms with Gasteiger partial charge in [0.1, 0.15) is 5.82 Å². The minimum absolute atomic E-state index is 0.200. The second-order valence-corrected chi connectivity index (χ2v) is 6.55. The molecule has 1 aliphatic rings. The summed E-state index contributed by atoms with van der Waals surface area (Å²) in [7, 11) is 0. The van der Waals surface area contributed by atoms with Crippen molar-refractivity contribution in [1.29, 1.82) is 0 Å². The Morgan fingerprint density at radius 2 is 2.05 bits per heavy atom. The lowest BCUT2D eigenvalue weighted by Gasteiger charge is -2.25. The van der Waals surface area contributed by atoms with E-state index < -0.39 is 0 Å². The number of nitrogens with zero attached hydrogens (tertiary/aromatic N) is 1. The van der Waals surface area contributed by atoms with Crippen molar-refractivity contribution in [3.8, 4) is 0 Å². The summed E-state index contributed by atoms with van der Waals surface area (Å²) in [6.07, 6.45) is 3.74. The third-order valence-corrected chi connectivity index (χ3v) is 4.30. The van der Waals surface area contributed by atoms with Gasteiger partial charge in [-0.25, -0.2) is 4.39 Å². The third-order valence-electron chi connectivity index (χ3n) is 4.30. The number of amides is 1. The Morgan fingerprint density at radius 1 is 1.32 bits per heavy atom. The molecule has 0 unspecified atom stereocenters.